The van der Waals surface area contributed by atoms with Crippen molar-refractivity contribution in [2.45, 2.75) is 25.8 Å². The van der Waals surface area contributed by atoms with E-state index >= 15 is 0 Å². The lowest BCUT2D eigenvalue weighted by Gasteiger charge is -2.36. The van der Waals surface area contributed by atoms with E-state index in [1.807, 2.05) is 4.90 Å². The molecule has 162 valence electrons. The molecule has 2 aliphatic rings. The summed E-state index contributed by atoms with van der Waals surface area (Å²) in [7, 11) is 0. The van der Waals surface area contributed by atoms with E-state index < -0.39 is 36.6 Å². The predicted octanol–water partition coefficient (Wildman–Crippen LogP) is 0.738. The third-order valence-electron chi connectivity index (χ3n) is 5.52. The summed E-state index contributed by atoms with van der Waals surface area (Å²) < 4.78 is 18.9. The number of para-hydroxylation sites is 1. The van der Waals surface area contributed by atoms with Crippen LogP contribution in [0.2, 0.25) is 0 Å². The summed E-state index contributed by atoms with van der Waals surface area (Å²) in [6.45, 7) is 3.96. The lowest BCUT2D eigenvalue weighted by Crippen LogP contribution is -2.50. The predicted molar refractivity (Wildman–Crippen MR) is 105 cm³/mol. The Morgan fingerprint density at radius 2 is 1.83 bits per heavy atom. The number of esters is 1. The normalized spacial score (nSPS) is 21.6. The number of carbonyl (C=O) groups is 4. The zero-order valence-electron chi connectivity index (χ0n) is 17.0. The zero-order chi connectivity index (χ0) is 21.9. The van der Waals surface area contributed by atoms with Gasteiger partial charge in [-0.05, 0) is 25.5 Å². The molecule has 2 aliphatic heterocycles. The monoisotopic (exact) mass is 420 g/mol. The molecule has 2 fully saturated rings. The van der Waals surface area contributed by atoms with Gasteiger partial charge in [0.05, 0.1) is 5.69 Å². The van der Waals surface area contributed by atoms with Gasteiger partial charge in [-0.25, -0.2) is 9.18 Å². The molecule has 0 aliphatic carbocycles. The highest BCUT2D eigenvalue weighted by Gasteiger charge is 2.47. The number of hydrogen-bond donors (Lipinski definition) is 1. The molecule has 0 aromatic heterocycles. The van der Waals surface area contributed by atoms with Crippen LogP contribution in [0.25, 0.3) is 0 Å². The van der Waals surface area contributed by atoms with Gasteiger partial charge in [0.25, 0.3) is 11.8 Å². The highest BCUT2D eigenvalue weighted by atomic mass is 19.1. The van der Waals surface area contributed by atoms with Gasteiger partial charge in [0.1, 0.15) is 17.9 Å². The molecule has 0 saturated carbocycles. The number of hydrogen-bond acceptors (Lipinski definition) is 6. The Morgan fingerprint density at radius 1 is 1.17 bits per heavy atom. The number of halogens is 1. The van der Waals surface area contributed by atoms with E-state index in [-0.39, 0.29) is 11.7 Å². The lowest BCUT2D eigenvalue weighted by atomic mass is 9.99. The fourth-order valence-electron chi connectivity index (χ4n) is 3.44. The summed E-state index contributed by atoms with van der Waals surface area (Å²) >= 11 is 0. The zero-order valence-corrected chi connectivity index (χ0v) is 17.0. The molecule has 10 heteroatoms. The molecule has 30 heavy (non-hydrogen) atoms. The van der Waals surface area contributed by atoms with E-state index in [2.05, 4.69) is 5.32 Å². The third-order valence-corrected chi connectivity index (χ3v) is 5.52. The van der Waals surface area contributed by atoms with E-state index in [1.165, 1.54) is 11.0 Å². The van der Waals surface area contributed by atoms with Crippen LogP contribution in [0, 0.1) is 5.82 Å². The topological polar surface area (TPSA) is 99.3 Å². The number of imide groups is 1. The van der Waals surface area contributed by atoms with E-state index in [1.54, 1.807) is 32.0 Å². The molecule has 4 amide bonds. The largest absolute Gasteiger partial charge is 0.454 e. The molecule has 0 radical (unpaired) electrons. The van der Waals surface area contributed by atoms with Crippen molar-refractivity contribution in [3.05, 3.63) is 30.1 Å². The highest BCUT2D eigenvalue weighted by molar-refractivity contribution is 6.08. The maximum Gasteiger partial charge on any atom is 0.326 e. The number of benzene rings is 1. The second-order valence-electron chi connectivity index (χ2n) is 7.49. The molecule has 0 bridgehead atoms. The SMILES string of the molecule is CC[C@@]1(C)NC(=O)N(CC(=O)OCC(=O)N2CCN(c3ccccc3F)CC2)C1=O. The fraction of sp³-hybridized carbons (Fsp3) is 0.500. The van der Waals surface area contributed by atoms with Gasteiger partial charge >= 0.3 is 12.0 Å². The van der Waals surface area contributed by atoms with Crippen molar-refractivity contribution in [3.63, 3.8) is 0 Å². The summed E-state index contributed by atoms with van der Waals surface area (Å²) in [6, 6.07) is 5.80. The third kappa shape index (κ3) is 4.37. The number of nitrogens with zero attached hydrogens (tertiary/aromatic N) is 3. The molecule has 3 rings (SSSR count). The summed E-state index contributed by atoms with van der Waals surface area (Å²) in [5.41, 5.74) is -0.547. The lowest BCUT2D eigenvalue weighted by molar-refractivity contribution is -0.153. The van der Waals surface area contributed by atoms with Crippen LogP contribution in [0.5, 0.6) is 0 Å². The number of rotatable bonds is 6. The average Bonchev–Trinajstić information content (AvgIpc) is 2.96. The molecule has 2 heterocycles. The van der Waals surface area contributed by atoms with Crippen LogP contribution >= 0.6 is 0 Å². The van der Waals surface area contributed by atoms with Gasteiger partial charge < -0.3 is 19.9 Å². The Kier molecular flexibility index (Phi) is 6.23. The number of amides is 4. The Bertz CT molecular complexity index is 855. The first-order chi connectivity index (χ1) is 14.2. The van der Waals surface area contributed by atoms with Crippen molar-refractivity contribution >= 4 is 29.5 Å². The standard InChI is InChI=1S/C20H25FN4O5/c1-3-20(2)18(28)25(19(29)22-20)12-17(27)30-13-16(26)24-10-8-23(9-11-24)15-7-5-4-6-14(15)21/h4-7H,3,8-13H2,1-2H3,(H,22,29)/t20-/m1/s1. The van der Waals surface area contributed by atoms with E-state index in [0.29, 0.717) is 38.3 Å². The summed E-state index contributed by atoms with van der Waals surface area (Å²) in [4.78, 5) is 52.8. The number of ether oxygens (including phenoxy) is 1. The van der Waals surface area contributed by atoms with Crippen molar-refractivity contribution in [2.75, 3.05) is 44.2 Å². The number of carbonyl (C=O) groups excluding carboxylic acids is 4. The van der Waals surface area contributed by atoms with Crippen LogP contribution in [0.4, 0.5) is 14.9 Å². The first-order valence-electron chi connectivity index (χ1n) is 9.82. The maximum absolute atomic E-state index is 13.9. The molecule has 0 spiro atoms. The van der Waals surface area contributed by atoms with Gasteiger partial charge in [-0.1, -0.05) is 19.1 Å². The molecule has 1 aromatic carbocycles. The Balaban J connectivity index is 1.45. The van der Waals surface area contributed by atoms with Crippen molar-refractivity contribution in [2.24, 2.45) is 0 Å². The van der Waals surface area contributed by atoms with Crippen LogP contribution in [0.1, 0.15) is 20.3 Å². The van der Waals surface area contributed by atoms with Gasteiger partial charge in [-0.2, -0.15) is 0 Å². The van der Waals surface area contributed by atoms with Crippen LogP contribution in [0.3, 0.4) is 0 Å². The van der Waals surface area contributed by atoms with Gasteiger partial charge in [0.15, 0.2) is 6.61 Å². The van der Waals surface area contributed by atoms with Gasteiger partial charge in [-0.15, -0.1) is 0 Å². The minimum atomic E-state index is -1.04. The average molecular weight is 420 g/mol. The number of nitrogens with one attached hydrogen (secondary N) is 1. The molecule has 0 unspecified atom stereocenters. The second kappa shape index (κ2) is 8.68. The molecule has 9 nitrogen and oxygen atoms in total. The Labute approximate surface area is 173 Å². The van der Waals surface area contributed by atoms with Crippen molar-refractivity contribution < 1.29 is 28.3 Å². The number of urea groups is 1. The molecular formula is C20H25FN4O5. The first kappa shape index (κ1) is 21.5. The molecule has 1 atom stereocenters. The first-order valence-corrected chi connectivity index (χ1v) is 9.82. The second-order valence-corrected chi connectivity index (χ2v) is 7.49. The van der Waals surface area contributed by atoms with Gasteiger partial charge in [0.2, 0.25) is 0 Å². The molecule has 1 aromatic rings. The van der Waals surface area contributed by atoms with Crippen molar-refractivity contribution in [1.29, 1.82) is 0 Å². The summed E-state index contributed by atoms with van der Waals surface area (Å²) in [5.74, 6) is -2.03. The van der Waals surface area contributed by atoms with Crippen LogP contribution in [0.15, 0.2) is 24.3 Å². The smallest absolute Gasteiger partial charge is 0.326 e. The summed E-state index contributed by atoms with van der Waals surface area (Å²) in [6.07, 6.45) is 0.389. The van der Waals surface area contributed by atoms with Crippen molar-refractivity contribution in [3.8, 4) is 0 Å². The molecular weight excluding hydrogens is 395 g/mol. The van der Waals surface area contributed by atoms with E-state index in [0.717, 1.165) is 4.90 Å². The Morgan fingerprint density at radius 3 is 2.43 bits per heavy atom. The van der Waals surface area contributed by atoms with Crippen LogP contribution < -0.4 is 10.2 Å². The van der Waals surface area contributed by atoms with Gasteiger partial charge in [0, 0.05) is 26.2 Å². The molecule has 1 N–H and O–H groups in total. The van der Waals surface area contributed by atoms with Gasteiger partial charge in [-0.3, -0.25) is 19.3 Å². The minimum absolute atomic E-state index is 0.314. The van der Waals surface area contributed by atoms with E-state index in [4.69, 9.17) is 4.74 Å². The maximum atomic E-state index is 13.9. The van der Waals surface area contributed by atoms with Crippen molar-refractivity contribution in [1.82, 2.24) is 15.1 Å². The van der Waals surface area contributed by atoms with E-state index in [9.17, 15) is 23.6 Å². The number of anilines is 1. The summed E-state index contributed by atoms with van der Waals surface area (Å²) in [5, 5.41) is 2.55. The number of piperazine rings is 1. The highest BCUT2D eigenvalue weighted by Crippen LogP contribution is 2.21. The fourth-order valence-corrected chi connectivity index (χ4v) is 3.44. The van der Waals surface area contributed by atoms with Crippen LogP contribution in [-0.2, 0) is 19.1 Å². The molecule has 2 saturated heterocycles. The minimum Gasteiger partial charge on any atom is -0.454 e. The quantitative estimate of drug-likeness (QED) is 0.538. The van der Waals surface area contributed by atoms with Crippen LogP contribution in [-0.4, -0.2) is 78.5 Å². The Hall–Kier alpha value is -3.17.